The molecule has 0 amide bonds. The Hall–Kier alpha value is -1.89. The molecule has 3 rings (SSSR count). The van der Waals surface area contributed by atoms with Gasteiger partial charge >= 0.3 is 0 Å². The smallest absolute Gasteiger partial charge is 0.167 e. The van der Waals surface area contributed by atoms with Crippen molar-refractivity contribution in [2.24, 2.45) is 0 Å². The molecular formula is C19H26N3O2S+. The van der Waals surface area contributed by atoms with Crippen molar-refractivity contribution in [1.82, 2.24) is 10.6 Å². The van der Waals surface area contributed by atoms with E-state index < -0.39 is 0 Å². The molecule has 1 aromatic heterocycles. The second kappa shape index (κ2) is 9.56. The van der Waals surface area contributed by atoms with Gasteiger partial charge in [-0.1, -0.05) is 30.3 Å². The Kier molecular flexibility index (Phi) is 6.85. The summed E-state index contributed by atoms with van der Waals surface area (Å²) in [6.07, 6.45) is 2.78. The topological polar surface area (TPSA) is 50.9 Å². The van der Waals surface area contributed by atoms with Crippen LogP contribution in [0, 0.1) is 0 Å². The molecule has 0 unspecified atom stereocenters. The molecule has 6 heteroatoms. The van der Waals surface area contributed by atoms with Gasteiger partial charge in [0.1, 0.15) is 24.9 Å². The summed E-state index contributed by atoms with van der Waals surface area (Å²) in [4.78, 5) is 1.62. The lowest BCUT2D eigenvalue weighted by Gasteiger charge is -2.24. The first-order valence-electron chi connectivity index (χ1n) is 8.87. The van der Waals surface area contributed by atoms with E-state index >= 15 is 0 Å². The fourth-order valence-electron chi connectivity index (χ4n) is 3.05. The number of quaternary nitrogens is 1. The van der Waals surface area contributed by atoms with Gasteiger partial charge in [-0.3, -0.25) is 0 Å². The fourth-order valence-corrected chi connectivity index (χ4v) is 3.27. The molecular weight excluding hydrogens is 334 g/mol. The van der Waals surface area contributed by atoms with Crippen LogP contribution >= 0.6 is 12.2 Å². The lowest BCUT2D eigenvalue weighted by molar-refractivity contribution is -0.908. The first-order valence-corrected chi connectivity index (χ1v) is 9.28. The summed E-state index contributed by atoms with van der Waals surface area (Å²) in [5, 5.41) is 7.35. The van der Waals surface area contributed by atoms with Gasteiger partial charge in [0.2, 0.25) is 0 Å². The van der Waals surface area contributed by atoms with Crippen molar-refractivity contribution in [2.75, 3.05) is 39.4 Å². The zero-order valence-electron chi connectivity index (χ0n) is 14.4. The average Bonchev–Trinajstić information content (AvgIpc) is 3.19. The molecule has 3 N–H and O–H groups in total. The molecule has 5 nitrogen and oxygen atoms in total. The number of furan rings is 1. The van der Waals surface area contributed by atoms with Gasteiger partial charge in [0, 0.05) is 13.0 Å². The van der Waals surface area contributed by atoms with Crippen molar-refractivity contribution in [3.63, 3.8) is 0 Å². The van der Waals surface area contributed by atoms with Gasteiger partial charge < -0.3 is 24.7 Å². The lowest BCUT2D eigenvalue weighted by atomic mass is 10.1. The maximum Gasteiger partial charge on any atom is 0.167 e. The first-order chi connectivity index (χ1) is 12.3. The van der Waals surface area contributed by atoms with Crippen molar-refractivity contribution < 1.29 is 14.1 Å². The molecule has 2 heterocycles. The number of ether oxygens (including phenoxy) is 1. The number of hydrogen-bond donors (Lipinski definition) is 3. The van der Waals surface area contributed by atoms with Gasteiger partial charge in [0.05, 0.1) is 26.0 Å². The van der Waals surface area contributed by atoms with E-state index in [0.29, 0.717) is 5.11 Å². The average molecular weight is 361 g/mol. The highest BCUT2D eigenvalue weighted by Crippen LogP contribution is 2.22. The number of morpholine rings is 1. The highest BCUT2D eigenvalue weighted by atomic mass is 32.1. The lowest BCUT2D eigenvalue weighted by Crippen LogP contribution is -3.14. The molecule has 134 valence electrons. The maximum atomic E-state index is 5.59. The van der Waals surface area contributed by atoms with E-state index in [2.05, 4.69) is 22.8 Å². The minimum atomic E-state index is -0.0823. The molecule has 0 saturated carbocycles. The van der Waals surface area contributed by atoms with Gasteiger partial charge in [0.25, 0.3) is 0 Å². The molecule has 1 fully saturated rings. The second-order valence-corrected chi connectivity index (χ2v) is 6.63. The molecule has 0 spiro atoms. The standard InChI is InChI=1S/C19H25N3O2S/c25-19(20-9-5-10-22-11-14-23-15-12-22)21-18(17-8-4-13-24-17)16-6-2-1-3-7-16/h1-4,6-8,13,18H,5,9-12,14-15H2,(H2,20,21,25)/p+1/t18-/m0/s1. The van der Waals surface area contributed by atoms with Gasteiger partial charge in [-0.2, -0.15) is 0 Å². The largest absolute Gasteiger partial charge is 0.467 e. The molecule has 25 heavy (non-hydrogen) atoms. The Morgan fingerprint density at radius 3 is 2.64 bits per heavy atom. The van der Waals surface area contributed by atoms with Crippen molar-refractivity contribution in [3.05, 3.63) is 60.1 Å². The van der Waals surface area contributed by atoms with Crippen molar-refractivity contribution in [3.8, 4) is 0 Å². The second-order valence-electron chi connectivity index (χ2n) is 6.23. The number of rotatable bonds is 7. The molecule has 1 aliphatic rings. The van der Waals surface area contributed by atoms with E-state index in [4.69, 9.17) is 21.4 Å². The van der Waals surface area contributed by atoms with Crippen LogP contribution in [0.3, 0.4) is 0 Å². The van der Waals surface area contributed by atoms with Gasteiger partial charge in [0.15, 0.2) is 5.11 Å². The van der Waals surface area contributed by atoms with Crippen molar-refractivity contribution >= 4 is 17.3 Å². The van der Waals surface area contributed by atoms with Crippen LogP contribution in [0.4, 0.5) is 0 Å². The van der Waals surface area contributed by atoms with Crippen LogP contribution in [-0.2, 0) is 4.74 Å². The van der Waals surface area contributed by atoms with Crippen LogP contribution in [-0.4, -0.2) is 44.5 Å². The van der Waals surface area contributed by atoms with Crippen LogP contribution in [0.25, 0.3) is 0 Å². The van der Waals surface area contributed by atoms with E-state index in [1.54, 1.807) is 11.2 Å². The number of thiocarbonyl (C=S) groups is 1. The molecule has 0 radical (unpaired) electrons. The van der Waals surface area contributed by atoms with Crippen LogP contribution < -0.4 is 15.5 Å². The number of benzene rings is 1. The maximum absolute atomic E-state index is 5.59. The predicted molar refractivity (Wildman–Crippen MR) is 102 cm³/mol. The Morgan fingerprint density at radius 1 is 1.12 bits per heavy atom. The minimum absolute atomic E-state index is 0.0823. The summed E-state index contributed by atoms with van der Waals surface area (Å²) >= 11 is 5.48. The monoisotopic (exact) mass is 360 g/mol. The number of nitrogens with one attached hydrogen (secondary N) is 3. The summed E-state index contributed by atoms with van der Waals surface area (Å²) in [6.45, 7) is 6.00. The molecule has 0 bridgehead atoms. The van der Waals surface area contributed by atoms with Crippen LogP contribution in [0.5, 0.6) is 0 Å². The molecule has 1 aliphatic heterocycles. The van der Waals surface area contributed by atoms with Crippen LogP contribution in [0.1, 0.15) is 23.8 Å². The summed E-state index contributed by atoms with van der Waals surface area (Å²) in [5.41, 5.74) is 1.12. The Labute approximate surface area is 154 Å². The molecule has 0 aliphatic carbocycles. The summed E-state index contributed by atoms with van der Waals surface area (Å²) in [6, 6.07) is 14.0. The number of hydrogen-bond acceptors (Lipinski definition) is 3. The van der Waals surface area contributed by atoms with E-state index in [1.807, 2.05) is 30.3 Å². The van der Waals surface area contributed by atoms with Crippen LogP contribution in [0.15, 0.2) is 53.1 Å². The summed E-state index contributed by atoms with van der Waals surface area (Å²) < 4.78 is 11.0. The summed E-state index contributed by atoms with van der Waals surface area (Å²) in [7, 11) is 0. The summed E-state index contributed by atoms with van der Waals surface area (Å²) in [5.74, 6) is 0.855. The minimum Gasteiger partial charge on any atom is -0.467 e. The van der Waals surface area contributed by atoms with Gasteiger partial charge in [-0.15, -0.1) is 0 Å². The van der Waals surface area contributed by atoms with Gasteiger partial charge in [-0.25, -0.2) is 0 Å². The van der Waals surface area contributed by atoms with E-state index in [0.717, 1.165) is 57.1 Å². The molecule has 1 saturated heterocycles. The highest BCUT2D eigenvalue weighted by molar-refractivity contribution is 7.80. The van der Waals surface area contributed by atoms with Crippen LogP contribution in [0.2, 0.25) is 0 Å². The fraction of sp³-hybridized carbons (Fsp3) is 0.421. The molecule has 2 aromatic rings. The zero-order chi connectivity index (χ0) is 17.3. The third-order valence-corrected chi connectivity index (χ3v) is 4.69. The first kappa shape index (κ1) is 17.9. The molecule has 1 aromatic carbocycles. The highest BCUT2D eigenvalue weighted by Gasteiger charge is 2.18. The SMILES string of the molecule is S=C(NCCC[NH+]1CCOCC1)N[C@@H](c1ccccc1)c1ccco1. The Bertz CT molecular complexity index is 627. The Morgan fingerprint density at radius 2 is 1.92 bits per heavy atom. The zero-order valence-corrected chi connectivity index (χ0v) is 15.2. The van der Waals surface area contributed by atoms with Gasteiger partial charge in [-0.05, 0) is 29.9 Å². The third-order valence-electron chi connectivity index (χ3n) is 4.43. The van der Waals surface area contributed by atoms with E-state index in [9.17, 15) is 0 Å². The Balaban J connectivity index is 1.47. The van der Waals surface area contributed by atoms with Crippen molar-refractivity contribution in [2.45, 2.75) is 12.5 Å². The quantitative estimate of drug-likeness (QED) is 0.511. The third kappa shape index (κ3) is 5.56. The predicted octanol–water partition coefficient (Wildman–Crippen LogP) is 1.14. The van der Waals surface area contributed by atoms with E-state index in [-0.39, 0.29) is 6.04 Å². The van der Waals surface area contributed by atoms with E-state index in [1.165, 1.54) is 0 Å². The normalized spacial score (nSPS) is 16.3. The molecule has 1 atom stereocenters. The van der Waals surface area contributed by atoms with Crippen molar-refractivity contribution in [1.29, 1.82) is 0 Å².